The summed E-state index contributed by atoms with van der Waals surface area (Å²) in [5, 5.41) is -0.273. The molecule has 0 saturated carbocycles. The summed E-state index contributed by atoms with van der Waals surface area (Å²) >= 11 is 0. The zero-order chi connectivity index (χ0) is 18.5. The third-order valence-corrected chi connectivity index (χ3v) is 10.6. The van der Waals surface area contributed by atoms with Crippen LogP contribution in [0.5, 0.6) is 0 Å². The molecule has 1 rings (SSSR count). The van der Waals surface area contributed by atoms with Gasteiger partial charge in [-0.25, -0.2) is 0 Å². The Balaban J connectivity index is 3.36. The second-order valence-corrected chi connectivity index (χ2v) is 11.5. The van der Waals surface area contributed by atoms with Gasteiger partial charge in [-0.3, -0.25) is 4.90 Å². The van der Waals surface area contributed by atoms with Crippen LogP contribution in [0, 0.1) is 5.92 Å². The van der Waals surface area contributed by atoms with Crippen LogP contribution in [0.3, 0.4) is 0 Å². The van der Waals surface area contributed by atoms with E-state index in [2.05, 4.69) is 46.4 Å². The van der Waals surface area contributed by atoms with E-state index in [0.717, 1.165) is 18.9 Å². The molecule has 0 bridgehead atoms. The van der Waals surface area contributed by atoms with Crippen LogP contribution in [-0.4, -0.2) is 58.1 Å². The minimum Gasteiger partial charge on any atom is -0.396 e. The normalized spacial score (nSPS) is 28.8. The summed E-state index contributed by atoms with van der Waals surface area (Å²) in [6.45, 7) is 13.8. The second kappa shape index (κ2) is 9.13. The van der Waals surface area contributed by atoms with E-state index in [1.165, 1.54) is 12.8 Å². The molecule has 0 radical (unpaired) electrons. The van der Waals surface area contributed by atoms with Crippen molar-refractivity contribution in [3.63, 3.8) is 0 Å². The maximum absolute atomic E-state index is 6.35. The van der Waals surface area contributed by atoms with Crippen molar-refractivity contribution in [3.05, 3.63) is 0 Å². The van der Waals surface area contributed by atoms with Gasteiger partial charge in [0.2, 0.25) is 0 Å². The van der Waals surface area contributed by atoms with Crippen molar-refractivity contribution in [2.24, 2.45) is 5.92 Å². The quantitative estimate of drug-likeness (QED) is 0.572. The van der Waals surface area contributed by atoms with Crippen molar-refractivity contribution in [1.29, 1.82) is 0 Å². The van der Waals surface area contributed by atoms with Crippen molar-refractivity contribution >= 4 is 8.56 Å². The molecule has 144 valence electrons. The van der Waals surface area contributed by atoms with Gasteiger partial charge in [-0.05, 0) is 53.5 Å². The molecule has 1 aliphatic heterocycles. The van der Waals surface area contributed by atoms with E-state index in [9.17, 15) is 0 Å². The van der Waals surface area contributed by atoms with Gasteiger partial charge in [-0.15, -0.1) is 0 Å². The highest BCUT2D eigenvalue weighted by Crippen LogP contribution is 2.49. The van der Waals surface area contributed by atoms with E-state index in [1.807, 2.05) is 21.3 Å². The lowest BCUT2D eigenvalue weighted by atomic mass is 9.84. The molecule has 0 aliphatic carbocycles. The highest BCUT2D eigenvalue weighted by atomic mass is 28.4. The lowest BCUT2D eigenvalue weighted by Gasteiger charge is -2.56. The van der Waals surface area contributed by atoms with Gasteiger partial charge in [0.15, 0.2) is 0 Å². The monoisotopic (exact) mass is 359 g/mol. The van der Waals surface area contributed by atoms with Gasteiger partial charge in [-0.1, -0.05) is 19.8 Å². The van der Waals surface area contributed by atoms with Gasteiger partial charge in [0.1, 0.15) is 5.22 Å². The average Bonchev–Trinajstić information content (AvgIpc) is 2.54. The first-order valence-corrected chi connectivity index (χ1v) is 11.7. The van der Waals surface area contributed by atoms with Crippen LogP contribution in [-0.2, 0) is 13.6 Å². The molecule has 5 heteroatoms. The first-order valence-electron chi connectivity index (χ1n) is 9.69. The molecule has 1 fully saturated rings. The highest BCUT2D eigenvalue weighted by Gasteiger charge is 2.64. The van der Waals surface area contributed by atoms with E-state index >= 15 is 0 Å². The SMILES string of the molecule is CCCC1(OC)C(C(C)N(C(C)C)C(C)C)CCC[Si]1(OC)OC. The Labute approximate surface area is 151 Å². The molecule has 1 aliphatic rings. The predicted molar refractivity (Wildman–Crippen MR) is 104 cm³/mol. The highest BCUT2D eigenvalue weighted by molar-refractivity contribution is 6.70. The lowest BCUT2D eigenvalue weighted by Crippen LogP contribution is -2.71. The Morgan fingerprint density at radius 1 is 1.04 bits per heavy atom. The minimum absolute atomic E-state index is 0.273. The number of rotatable bonds is 9. The molecule has 0 amide bonds. The maximum Gasteiger partial charge on any atom is 0.371 e. The summed E-state index contributed by atoms with van der Waals surface area (Å²) in [4.78, 5) is 2.63. The zero-order valence-corrected chi connectivity index (χ0v) is 18.5. The summed E-state index contributed by atoms with van der Waals surface area (Å²) < 4.78 is 18.6. The first kappa shape index (κ1) is 22.1. The van der Waals surface area contributed by atoms with E-state index in [4.69, 9.17) is 13.6 Å². The molecule has 24 heavy (non-hydrogen) atoms. The standard InChI is InChI=1S/C19H41NO3Si/c1-10-13-19(21-7)18(12-11-14-24(19,22-8)23-9)17(6)20(15(2)3)16(4)5/h15-18H,10-14H2,1-9H3. The summed E-state index contributed by atoms with van der Waals surface area (Å²) in [5.74, 6) is 0.438. The smallest absolute Gasteiger partial charge is 0.371 e. The summed E-state index contributed by atoms with van der Waals surface area (Å²) in [6.07, 6.45) is 4.45. The fourth-order valence-electron chi connectivity index (χ4n) is 5.45. The summed E-state index contributed by atoms with van der Waals surface area (Å²) in [6, 6.07) is 2.49. The number of ether oxygens (including phenoxy) is 1. The van der Waals surface area contributed by atoms with E-state index < -0.39 is 8.56 Å². The van der Waals surface area contributed by atoms with Crippen molar-refractivity contribution in [3.8, 4) is 0 Å². The predicted octanol–water partition coefficient (Wildman–Crippen LogP) is 4.36. The van der Waals surface area contributed by atoms with E-state index in [0.29, 0.717) is 24.0 Å². The Hall–Kier alpha value is 0.0569. The average molecular weight is 360 g/mol. The molecule has 3 unspecified atom stereocenters. The zero-order valence-electron chi connectivity index (χ0n) is 17.5. The van der Waals surface area contributed by atoms with Crippen molar-refractivity contribution < 1.29 is 13.6 Å². The fraction of sp³-hybridized carbons (Fsp3) is 1.00. The van der Waals surface area contributed by atoms with Gasteiger partial charge in [0.05, 0.1) is 0 Å². The topological polar surface area (TPSA) is 30.9 Å². The molecule has 0 N–H and O–H groups in total. The van der Waals surface area contributed by atoms with Crippen molar-refractivity contribution in [1.82, 2.24) is 4.90 Å². The Kier molecular flexibility index (Phi) is 8.40. The van der Waals surface area contributed by atoms with Gasteiger partial charge in [-0.2, -0.15) is 0 Å². The van der Waals surface area contributed by atoms with Crippen LogP contribution in [0.1, 0.15) is 67.2 Å². The molecular weight excluding hydrogens is 318 g/mol. The molecule has 3 atom stereocenters. The maximum atomic E-state index is 6.35. The van der Waals surface area contributed by atoms with Gasteiger partial charge >= 0.3 is 8.56 Å². The largest absolute Gasteiger partial charge is 0.396 e. The Morgan fingerprint density at radius 2 is 1.58 bits per heavy atom. The number of methoxy groups -OCH3 is 1. The third kappa shape index (κ3) is 3.75. The molecule has 4 nitrogen and oxygen atoms in total. The van der Waals surface area contributed by atoms with E-state index in [1.54, 1.807) is 0 Å². The fourth-order valence-corrected chi connectivity index (χ4v) is 9.70. The molecule has 0 aromatic carbocycles. The van der Waals surface area contributed by atoms with Crippen LogP contribution in [0.2, 0.25) is 6.04 Å². The third-order valence-electron chi connectivity index (χ3n) is 6.16. The van der Waals surface area contributed by atoms with Crippen LogP contribution in [0.4, 0.5) is 0 Å². The van der Waals surface area contributed by atoms with E-state index in [-0.39, 0.29) is 5.22 Å². The van der Waals surface area contributed by atoms with Crippen LogP contribution < -0.4 is 0 Å². The number of hydrogen-bond donors (Lipinski definition) is 0. The minimum atomic E-state index is -2.42. The molecule has 0 aromatic heterocycles. The van der Waals surface area contributed by atoms with Gasteiger partial charge in [0.25, 0.3) is 0 Å². The van der Waals surface area contributed by atoms with Crippen LogP contribution in [0.25, 0.3) is 0 Å². The van der Waals surface area contributed by atoms with Crippen molar-refractivity contribution in [2.45, 2.75) is 96.6 Å². The van der Waals surface area contributed by atoms with Crippen molar-refractivity contribution in [2.75, 3.05) is 21.3 Å². The lowest BCUT2D eigenvalue weighted by molar-refractivity contribution is -0.0857. The summed E-state index contributed by atoms with van der Waals surface area (Å²) in [7, 11) is 3.11. The molecule has 0 spiro atoms. The first-order chi connectivity index (χ1) is 11.3. The van der Waals surface area contributed by atoms with Crippen LogP contribution >= 0.6 is 0 Å². The van der Waals surface area contributed by atoms with Gasteiger partial charge < -0.3 is 13.6 Å². The summed E-state index contributed by atoms with van der Waals surface area (Å²) in [5.41, 5.74) is 0. The molecule has 0 aromatic rings. The number of nitrogens with zero attached hydrogens (tertiary/aromatic N) is 1. The molecule has 1 heterocycles. The Bertz CT molecular complexity index is 366. The molecule has 1 saturated heterocycles. The molecular formula is C19H41NO3Si. The number of hydrogen-bond acceptors (Lipinski definition) is 4. The van der Waals surface area contributed by atoms with Gasteiger partial charge in [0, 0.05) is 45.4 Å². The second-order valence-electron chi connectivity index (χ2n) is 7.88. The van der Waals surface area contributed by atoms with Crippen LogP contribution in [0.15, 0.2) is 0 Å². The Morgan fingerprint density at radius 3 is 1.96 bits per heavy atom.